The summed E-state index contributed by atoms with van der Waals surface area (Å²) in [5, 5.41) is 2.94. The molecule has 0 unspecified atom stereocenters. The molecule has 1 aliphatic rings. The van der Waals surface area contributed by atoms with Gasteiger partial charge in [0.2, 0.25) is 0 Å². The SMILES string of the molecule is COc1ccc(NC(=O)N2CCN(CCc3ccccc3)CC2)c(OC)c1. The van der Waals surface area contributed by atoms with Crippen LogP contribution in [0.25, 0.3) is 0 Å². The highest BCUT2D eigenvalue weighted by atomic mass is 16.5. The molecule has 0 bridgehead atoms. The van der Waals surface area contributed by atoms with Gasteiger partial charge in [-0.15, -0.1) is 0 Å². The molecule has 6 heteroatoms. The van der Waals surface area contributed by atoms with Crippen LogP contribution in [0.5, 0.6) is 11.5 Å². The summed E-state index contributed by atoms with van der Waals surface area (Å²) in [5.74, 6) is 1.28. The zero-order valence-corrected chi connectivity index (χ0v) is 16.0. The molecule has 1 fully saturated rings. The van der Waals surface area contributed by atoms with E-state index >= 15 is 0 Å². The first kappa shape index (κ1) is 19.0. The minimum atomic E-state index is -0.0961. The van der Waals surface area contributed by atoms with Crippen molar-refractivity contribution in [1.82, 2.24) is 9.80 Å². The second kappa shape index (κ2) is 9.28. The maximum absolute atomic E-state index is 12.6. The number of rotatable bonds is 6. The van der Waals surface area contributed by atoms with Gasteiger partial charge in [0.1, 0.15) is 11.5 Å². The highest BCUT2D eigenvalue weighted by molar-refractivity contribution is 5.91. The molecule has 0 saturated carbocycles. The Bertz CT molecular complexity index is 744. The highest BCUT2D eigenvalue weighted by Gasteiger charge is 2.21. The second-order valence-corrected chi connectivity index (χ2v) is 6.56. The number of methoxy groups -OCH3 is 2. The average Bonchev–Trinajstić information content (AvgIpc) is 2.73. The van der Waals surface area contributed by atoms with Gasteiger partial charge in [0.05, 0.1) is 19.9 Å². The van der Waals surface area contributed by atoms with E-state index in [1.807, 2.05) is 11.0 Å². The zero-order chi connectivity index (χ0) is 19.1. The average molecular weight is 369 g/mol. The van der Waals surface area contributed by atoms with E-state index in [0.29, 0.717) is 17.2 Å². The summed E-state index contributed by atoms with van der Waals surface area (Å²) in [7, 11) is 3.18. The summed E-state index contributed by atoms with van der Waals surface area (Å²) in [6.07, 6.45) is 1.04. The number of urea groups is 1. The number of piperazine rings is 1. The molecule has 1 N–H and O–H groups in total. The van der Waals surface area contributed by atoms with Crippen molar-refractivity contribution in [2.45, 2.75) is 6.42 Å². The van der Waals surface area contributed by atoms with Crippen LogP contribution in [0.1, 0.15) is 5.56 Å². The largest absolute Gasteiger partial charge is 0.497 e. The molecule has 3 rings (SSSR count). The molecule has 2 amide bonds. The fourth-order valence-corrected chi connectivity index (χ4v) is 3.20. The van der Waals surface area contributed by atoms with Crippen molar-refractivity contribution in [2.24, 2.45) is 0 Å². The number of ether oxygens (including phenoxy) is 2. The number of hydrogen-bond donors (Lipinski definition) is 1. The van der Waals surface area contributed by atoms with E-state index < -0.39 is 0 Å². The van der Waals surface area contributed by atoms with E-state index in [4.69, 9.17) is 9.47 Å². The molecule has 0 spiro atoms. The smallest absolute Gasteiger partial charge is 0.322 e. The van der Waals surface area contributed by atoms with Gasteiger partial charge in [-0.25, -0.2) is 4.79 Å². The lowest BCUT2D eigenvalue weighted by Crippen LogP contribution is -2.50. The minimum Gasteiger partial charge on any atom is -0.497 e. The predicted octanol–water partition coefficient (Wildman–Crippen LogP) is 3.10. The highest BCUT2D eigenvalue weighted by Crippen LogP contribution is 2.29. The normalized spacial score (nSPS) is 14.7. The molecule has 6 nitrogen and oxygen atoms in total. The maximum atomic E-state index is 12.6. The Morgan fingerprint density at radius 2 is 1.74 bits per heavy atom. The zero-order valence-electron chi connectivity index (χ0n) is 16.0. The van der Waals surface area contributed by atoms with E-state index in [2.05, 4.69) is 34.5 Å². The van der Waals surface area contributed by atoms with E-state index in [-0.39, 0.29) is 6.03 Å². The van der Waals surface area contributed by atoms with Crippen LogP contribution in [-0.4, -0.2) is 62.8 Å². The summed E-state index contributed by atoms with van der Waals surface area (Å²) in [5.41, 5.74) is 2.00. The molecule has 1 heterocycles. The molecule has 27 heavy (non-hydrogen) atoms. The fraction of sp³-hybridized carbons (Fsp3) is 0.381. The van der Waals surface area contributed by atoms with Crippen molar-refractivity contribution in [3.63, 3.8) is 0 Å². The predicted molar refractivity (Wildman–Crippen MR) is 107 cm³/mol. The van der Waals surface area contributed by atoms with Gasteiger partial charge in [0, 0.05) is 38.8 Å². The number of benzene rings is 2. The van der Waals surface area contributed by atoms with Gasteiger partial charge in [0.25, 0.3) is 0 Å². The molecule has 2 aromatic rings. The number of carbonyl (C=O) groups is 1. The minimum absolute atomic E-state index is 0.0961. The number of hydrogen-bond acceptors (Lipinski definition) is 4. The first-order valence-electron chi connectivity index (χ1n) is 9.24. The monoisotopic (exact) mass is 369 g/mol. The third-order valence-electron chi connectivity index (χ3n) is 4.87. The Morgan fingerprint density at radius 1 is 1.00 bits per heavy atom. The Morgan fingerprint density at radius 3 is 2.41 bits per heavy atom. The molecule has 0 aliphatic carbocycles. The number of anilines is 1. The molecule has 1 saturated heterocycles. The van der Waals surface area contributed by atoms with Crippen molar-refractivity contribution >= 4 is 11.7 Å². The Balaban J connectivity index is 1.48. The number of amides is 2. The summed E-state index contributed by atoms with van der Waals surface area (Å²) in [6.45, 7) is 4.24. The van der Waals surface area contributed by atoms with Crippen molar-refractivity contribution in [3.8, 4) is 11.5 Å². The first-order chi connectivity index (χ1) is 13.2. The molecular weight excluding hydrogens is 342 g/mol. The van der Waals surface area contributed by atoms with Crippen molar-refractivity contribution in [1.29, 1.82) is 0 Å². The van der Waals surface area contributed by atoms with Crippen molar-refractivity contribution in [2.75, 3.05) is 52.3 Å². The third-order valence-corrected chi connectivity index (χ3v) is 4.87. The summed E-state index contributed by atoms with van der Waals surface area (Å²) < 4.78 is 10.5. The topological polar surface area (TPSA) is 54.0 Å². The van der Waals surface area contributed by atoms with E-state index in [1.54, 1.807) is 32.4 Å². The molecule has 1 aliphatic heterocycles. The van der Waals surface area contributed by atoms with Crippen LogP contribution in [0, 0.1) is 0 Å². The molecule has 2 aromatic carbocycles. The number of nitrogens with zero attached hydrogens (tertiary/aromatic N) is 2. The van der Waals surface area contributed by atoms with Crippen molar-refractivity contribution in [3.05, 3.63) is 54.1 Å². The lowest BCUT2D eigenvalue weighted by Gasteiger charge is -2.34. The maximum Gasteiger partial charge on any atom is 0.322 e. The number of nitrogens with one attached hydrogen (secondary N) is 1. The Hall–Kier alpha value is -2.73. The molecule has 0 atom stereocenters. The van der Waals surface area contributed by atoms with Crippen molar-refractivity contribution < 1.29 is 14.3 Å². The fourth-order valence-electron chi connectivity index (χ4n) is 3.20. The standard InChI is InChI=1S/C21H27N3O3/c1-26-18-8-9-19(20(16-18)27-2)22-21(25)24-14-12-23(13-15-24)11-10-17-6-4-3-5-7-17/h3-9,16H,10-15H2,1-2H3,(H,22,25). The molecule has 0 aromatic heterocycles. The molecule has 144 valence electrons. The van der Waals surface area contributed by atoms with Gasteiger partial charge < -0.3 is 19.7 Å². The van der Waals surface area contributed by atoms with Gasteiger partial charge in [0.15, 0.2) is 0 Å². The van der Waals surface area contributed by atoms with Crippen LogP contribution in [-0.2, 0) is 6.42 Å². The number of carbonyl (C=O) groups excluding carboxylic acids is 1. The molecular formula is C21H27N3O3. The van der Waals surface area contributed by atoms with E-state index in [9.17, 15) is 4.79 Å². The van der Waals surface area contributed by atoms with Gasteiger partial charge >= 0.3 is 6.03 Å². The van der Waals surface area contributed by atoms with Crippen LogP contribution in [0.4, 0.5) is 10.5 Å². The Kier molecular flexibility index (Phi) is 6.54. The summed E-state index contributed by atoms with van der Waals surface area (Å²) in [4.78, 5) is 16.8. The second-order valence-electron chi connectivity index (χ2n) is 6.56. The van der Waals surface area contributed by atoms with Crippen LogP contribution in [0.15, 0.2) is 48.5 Å². The summed E-state index contributed by atoms with van der Waals surface area (Å²) >= 11 is 0. The van der Waals surface area contributed by atoms with Crippen LogP contribution < -0.4 is 14.8 Å². The van der Waals surface area contributed by atoms with Gasteiger partial charge in [-0.2, -0.15) is 0 Å². The summed E-state index contributed by atoms with van der Waals surface area (Å²) in [6, 6.07) is 15.8. The third kappa shape index (κ3) is 5.14. The van der Waals surface area contributed by atoms with E-state index in [0.717, 1.165) is 39.1 Å². The van der Waals surface area contributed by atoms with Gasteiger partial charge in [-0.3, -0.25) is 4.90 Å². The lowest BCUT2D eigenvalue weighted by atomic mass is 10.1. The van der Waals surface area contributed by atoms with E-state index in [1.165, 1.54) is 5.56 Å². The van der Waals surface area contributed by atoms with Crippen LogP contribution in [0.2, 0.25) is 0 Å². The lowest BCUT2D eigenvalue weighted by molar-refractivity contribution is 0.148. The van der Waals surface area contributed by atoms with Gasteiger partial charge in [-0.1, -0.05) is 30.3 Å². The Labute approximate surface area is 160 Å². The van der Waals surface area contributed by atoms with Crippen LogP contribution in [0.3, 0.4) is 0 Å². The van der Waals surface area contributed by atoms with Gasteiger partial charge in [-0.05, 0) is 24.1 Å². The van der Waals surface area contributed by atoms with Crippen LogP contribution >= 0.6 is 0 Å². The first-order valence-corrected chi connectivity index (χ1v) is 9.24. The quantitative estimate of drug-likeness (QED) is 0.850. The molecule has 0 radical (unpaired) electrons.